The Kier molecular flexibility index (Phi) is 7.99. The number of hydrogen-bond donors (Lipinski definition) is 0. The van der Waals surface area contributed by atoms with Crippen molar-refractivity contribution in [1.82, 2.24) is 0 Å². The minimum Gasteiger partial charge on any atom is -0.289 e. The molecule has 0 spiro atoms. The Balaban J connectivity index is 3.36. The third-order valence-electron chi connectivity index (χ3n) is 1.04. The molecule has 0 aromatic carbocycles. The molecule has 11 heavy (non-hydrogen) atoms. The van der Waals surface area contributed by atoms with E-state index in [2.05, 4.69) is 24.6 Å². The second kappa shape index (κ2) is 8.89. The van der Waals surface area contributed by atoms with E-state index in [9.17, 15) is 0 Å². The van der Waals surface area contributed by atoms with Crippen molar-refractivity contribution in [2.45, 2.75) is 13.3 Å². The van der Waals surface area contributed by atoms with Gasteiger partial charge in [0.1, 0.15) is 0 Å². The van der Waals surface area contributed by atoms with Gasteiger partial charge in [0.15, 0.2) is 0 Å². The lowest BCUT2D eigenvalue weighted by Crippen LogP contribution is -1.70. The van der Waals surface area contributed by atoms with Gasteiger partial charge in [0.2, 0.25) is 0 Å². The van der Waals surface area contributed by atoms with Gasteiger partial charge in [-0.25, -0.2) is 0 Å². The van der Waals surface area contributed by atoms with E-state index in [1.807, 2.05) is 18.2 Å². The summed E-state index contributed by atoms with van der Waals surface area (Å²) in [4.78, 5) is 4.02. The Labute approximate surface area is 68.9 Å². The molecule has 0 bridgehead atoms. The summed E-state index contributed by atoms with van der Waals surface area (Å²) in [5.74, 6) is 0. The highest BCUT2D eigenvalue weighted by Gasteiger charge is 1.66. The SMILES string of the molecule is C=CC=NC/C=C\C=C/CC. The Hall–Kier alpha value is -1.11. The van der Waals surface area contributed by atoms with Crippen molar-refractivity contribution in [1.29, 1.82) is 0 Å². The van der Waals surface area contributed by atoms with Crippen LogP contribution in [0, 0.1) is 0 Å². The van der Waals surface area contributed by atoms with E-state index in [-0.39, 0.29) is 0 Å². The van der Waals surface area contributed by atoms with Crippen molar-refractivity contribution in [2.75, 3.05) is 6.54 Å². The average Bonchev–Trinajstić information content (AvgIpc) is 2.03. The third-order valence-corrected chi connectivity index (χ3v) is 1.04. The molecule has 0 fully saturated rings. The Morgan fingerprint density at radius 3 is 2.64 bits per heavy atom. The van der Waals surface area contributed by atoms with Crippen LogP contribution in [0.4, 0.5) is 0 Å². The molecule has 0 saturated carbocycles. The van der Waals surface area contributed by atoms with Crippen LogP contribution >= 0.6 is 0 Å². The maximum Gasteiger partial charge on any atom is 0.0573 e. The fourth-order valence-corrected chi connectivity index (χ4v) is 0.550. The van der Waals surface area contributed by atoms with E-state index in [0.29, 0.717) is 0 Å². The molecule has 0 saturated heterocycles. The summed E-state index contributed by atoms with van der Waals surface area (Å²) in [5.41, 5.74) is 0. The first-order chi connectivity index (χ1) is 5.41. The molecule has 1 heteroatoms. The normalized spacial score (nSPS) is 12.1. The molecule has 0 aromatic rings. The first-order valence-electron chi connectivity index (χ1n) is 3.84. The monoisotopic (exact) mass is 149 g/mol. The van der Waals surface area contributed by atoms with Gasteiger partial charge in [-0.15, -0.1) is 0 Å². The lowest BCUT2D eigenvalue weighted by molar-refractivity contribution is 1.22. The first-order valence-corrected chi connectivity index (χ1v) is 3.84. The van der Waals surface area contributed by atoms with Crippen LogP contribution in [0.1, 0.15) is 13.3 Å². The van der Waals surface area contributed by atoms with Gasteiger partial charge in [0.05, 0.1) is 6.54 Å². The van der Waals surface area contributed by atoms with Crippen LogP contribution in [-0.2, 0) is 0 Å². The molecule has 0 rings (SSSR count). The van der Waals surface area contributed by atoms with Gasteiger partial charge in [-0.1, -0.05) is 43.9 Å². The number of hydrogen-bond acceptors (Lipinski definition) is 1. The van der Waals surface area contributed by atoms with Crippen LogP contribution in [0.3, 0.4) is 0 Å². The van der Waals surface area contributed by atoms with Gasteiger partial charge >= 0.3 is 0 Å². The molecule has 0 radical (unpaired) electrons. The Bertz CT molecular complexity index is 164. The zero-order valence-electron chi connectivity index (χ0n) is 7.03. The van der Waals surface area contributed by atoms with E-state index in [0.717, 1.165) is 13.0 Å². The highest BCUT2D eigenvalue weighted by atomic mass is 14.7. The fraction of sp³-hybridized carbons (Fsp3) is 0.300. The molecule has 0 unspecified atom stereocenters. The quantitative estimate of drug-likeness (QED) is 0.421. The van der Waals surface area contributed by atoms with E-state index in [4.69, 9.17) is 0 Å². The molecule has 1 nitrogen and oxygen atoms in total. The largest absolute Gasteiger partial charge is 0.289 e. The van der Waals surface area contributed by atoms with Gasteiger partial charge < -0.3 is 0 Å². The predicted molar refractivity (Wildman–Crippen MR) is 52.1 cm³/mol. The molecule has 0 aliphatic heterocycles. The lowest BCUT2D eigenvalue weighted by atomic mass is 10.4. The van der Waals surface area contributed by atoms with Crippen molar-refractivity contribution < 1.29 is 0 Å². The topological polar surface area (TPSA) is 12.4 Å². The molecule has 0 N–H and O–H groups in total. The molecule has 0 amide bonds. The highest BCUT2D eigenvalue weighted by Crippen LogP contribution is 1.81. The van der Waals surface area contributed by atoms with Gasteiger partial charge in [-0.2, -0.15) is 0 Å². The molecule has 0 aliphatic carbocycles. The second-order valence-electron chi connectivity index (χ2n) is 2.01. The summed E-state index contributed by atoms with van der Waals surface area (Å²) in [6.45, 7) is 6.37. The van der Waals surface area contributed by atoms with E-state index >= 15 is 0 Å². The molecule has 60 valence electrons. The molecule has 0 heterocycles. The van der Waals surface area contributed by atoms with E-state index < -0.39 is 0 Å². The summed E-state index contributed by atoms with van der Waals surface area (Å²) in [7, 11) is 0. The molecule has 0 atom stereocenters. The van der Waals surface area contributed by atoms with E-state index in [1.54, 1.807) is 12.3 Å². The zero-order valence-corrected chi connectivity index (χ0v) is 7.03. The second-order valence-corrected chi connectivity index (χ2v) is 2.01. The number of allylic oxidation sites excluding steroid dienone is 4. The van der Waals surface area contributed by atoms with Crippen molar-refractivity contribution in [3.05, 3.63) is 37.0 Å². The summed E-state index contributed by atoms with van der Waals surface area (Å²) in [6.07, 6.45) is 12.6. The van der Waals surface area contributed by atoms with Crippen LogP contribution < -0.4 is 0 Å². The van der Waals surface area contributed by atoms with Crippen molar-refractivity contribution in [3.63, 3.8) is 0 Å². The van der Waals surface area contributed by atoms with E-state index in [1.165, 1.54) is 0 Å². The Morgan fingerprint density at radius 1 is 1.27 bits per heavy atom. The summed E-state index contributed by atoms with van der Waals surface area (Å²) < 4.78 is 0. The minimum atomic E-state index is 0.736. The molecule has 0 aliphatic rings. The van der Waals surface area contributed by atoms with Gasteiger partial charge in [0.25, 0.3) is 0 Å². The predicted octanol–water partition coefficient (Wildman–Crippen LogP) is 2.77. The standard InChI is InChI=1S/C10H15N/c1-3-5-6-7-8-10-11-9-4-2/h4-9H,2-3,10H2,1H3/b6-5-,8-7-,11-9?. The maximum atomic E-state index is 4.02. The van der Waals surface area contributed by atoms with Crippen molar-refractivity contribution >= 4 is 6.21 Å². The van der Waals surface area contributed by atoms with Crippen LogP contribution in [0.5, 0.6) is 0 Å². The van der Waals surface area contributed by atoms with Crippen LogP contribution in [0.2, 0.25) is 0 Å². The Morgan fingerprint density at radius 2 is 2.00 bits per heavy atom. The summed E-state index contributed by atoms with van der Waals surface area (Å²) >= 11 is 0. The van der Waals surface area contributed by atoms with Gasteiger partial charge in [0, 0.05) is 6.21 Å². The molecule has 0 aromatic heterocycles. The minimum absolute atomic E-state index is 0.736. The summed E-state index contributed by atoms with van der Waals surface area (Å²) in [6, 6.07) is 0. The fourth-order valence-electron chi connectivity index (χ4n) is 0.550. The zero-order chi connectivity index (χ0) is 8.36. The van der Waals surface area contributed by atoms with Crippen LogP contribution in [0.15, 0.2) is 42.0 Å². The summed E-state index contributed by atoms with van der Waals surface area (Å²) in [5, 5.41) is 0. The van der Waals surface area contributed by atoms with Gasteiger partial charge in [-0.05, 0) is 6.42 Å². The molecular weight excluding hydrogens is 134 g/mol. The highest BCUT2D eigenvalue weighted by molar-refractivity contribution is 5.70. The lowest BCUT2D eigenvalue weighted by Gasteiger charge is -1.79. The maximum absolute atomic E-state index is 4.02. The third kappa shape index (κ3) is 8.89. The smallest absolute Gasteiger partial charge is 0.0573 e. The van der Waals surface area contributed by atoms with Crippen molar-refractivity contribution in [2.24, 2.45) is 4.99 Å². The first kappa shape index (κ1) is 9.89. The van der Waals surface area contributed by atoms with Crippen molar-refractivity contribution in [3.8, 4) is 0 Å². The van der Waals surface area contributed by atoms with Crippen LogP contribution in [-0.4, -0.2) is 12.8 Å². The van der Waals surface area contributed by atoms with Gasteiger partial charge in [-0.3, -0.25) is 4.99 Å². The average molecular weight is 149 g/mol. The van der Waals surface area contributed by atoms with Crippen LogP contribution in [0.25, 0.3) is 0 Å². The number of rotatable bonds is 5. The number of aliphatic imine (C=N–C) groups is 1. The molecular formula is C10H15N. The number of nitrogens with zero attached hydrogens (tertiary/aromatic N) is 1.